The van der Waals surface area contributed by atoms with Gasteiger partial charge in [0.15, 0.2) is 5.75 Å². The third-order valence-electron chi connectivity index (χ3n) is 4.66. The van der Waals surface area contributed by atoms with Gasteiger partial charge < -0.3 is 10.1 Å². The van der Waals surface area contributed by atoms with Gasteiger partial charge >= 0.3 is 0 Å². The summed E-state index contributed by atoms with van der Waals surface area (Å²) >= 11 is 1.59. The molecule has 1 heterocycles. The van der Waals surface area contributed by atoms with E-state index in [1.807, 2.05) is 60.8 Å². The molecule has 5 nitrogen and oxygen atoms in total. The van der Waals surface area contributed by atoms with Gasteiger partial charge in [0.1, 0.15) is 10.8 Å². The van der Waals surface area contributed by atoms with Gasteiger partial charge in [-0.25, -0.2) is 4.98 Å². The predicted octanol–water partition coefficient (Wildman–Crippen LogP) is 5.10. The van der Waals surface area contributed by atoms with Gasteiger partial charge in [-0.2, -0.15) is 0 Å². The maximum atomic E-state index is 12.5. The second-order valence-electron chi connectivity index (χ2n) is 6.84. The zero-order valence-electron chi connectivity index (χ0n) is 16.4. The highest BCUT2D eigenvalue weighted by molar-refractivity contribution is 7.09. The Morgan fingerprint density at radius 3 is 2.61 bits per heavy atom. The summed E-state index contributed by atoms with van der Waals surface area (Å²) in [6.07, 6.45) is 2.62. The zero-order valence-corrected chi connectivity index (χ0v) is 17.2. The Morgan fingerprint density at radius 2 is 1.93 bits per heavy atom. The second kappa shape index (κ2) is 8.99. The van der Waals surface area contributed by atoms with Gasteiger partial charge in [-0.05, 0) is 44.5 Å². The average molecular weight is 396 g/mol. The molecule has 0 radical (unpaired) electrons. The Balaban J connectivity index is 1.65. The van der Waals surface area contributed by atoms with Crippen molar-refractivity contribution < 1.29 is 9.53 Å². The average Bonchev–Trinajstić information content (AvgIpc) is 3.25. The van der Waals surface area contributed by atoms with Crippen LogP contribution >= 0.6 is 11.3 Å². The van der Waals surface area contributed by atoms with Crippen LogP contribution in [0, 0.1) is 6.92 Å². The third-order valence-corrected chi connectivity index (χ3v) is 5.70. The summed E-state index contributed by atoms with van der Waals surface area (Å²) in [5.41, 5.74) is 1.48. The highest BCUT2D eigenvalue weighted by Gasteiger charge is 2.27. The van der Waals surface area contributed by atoms with E-state index in [4.69, 9.17) is 4.74 Å². The number of ether oxygens (including phenoxy) is 1. The molecule has 6 heteroatoms. The first kappa shape index (κ1) is 20.0. The Labute approximate surface area is 169 Å². The summed E-state index contributed by atoms with van der Waals surface area (Å²) in [4.78, 5) is 16.9. The van der Waals surface area contributed by atoms with Gasteiger partial charge in [0.25, 0.3) is 0 Å². The number of anilines is 1. The fourth-order valence-electron chi connectivity index (χ4n) is 2.71. The summed E-state index contributed by atoms with van der Waals surface area (Å²) in [7, 11) is 0. The molecule has 2 aromatic carbocycles. The predicted molar refractivity (Wildman–Crippen MR) is 114 cm³/mol. The van der Waals surface area contributed by atoms with Crippen LogP contribution in [0.25, 0.3) is 0 Å². The van der Waals surface area contributed by atoms with Crippen molar-refractivity contribution in [3.05, 3.63) is 70.7 Å². The monoisotopic (exact) mass is 395 g/mol. The summed E-state index contributed by atoms with van der Waals surface area (Å²) < 4.78 is 5.95. The van der Waals surface area contributed by atoms with Crippen molar-refractivity contribution in [1.29, 1.82) is 0 Å². The van der Waals surface area contributed by atoms with Crippen LogP contribution in [0.1, 0.15) is 30.8 Å². The summed E-state index contributed by atoms with van der Waals surface area (Å²) in [6.45, 7) is 6.36. The number of amides is 1. The molecule has 3 aromatic rings. The second-order valence-corrected chi connectivity index (χ2v) is 7.73. The van der Waals surface area contributed by atoms with E-state index in [0.29, 0.717) is 11.4 Å². The van der Waals surface area contributed by atoms with E-state index in [2.05, 4.69) is 29.5 Å². The molecule has 0 aliphatic rings. The molecule has 2 N–H and O–H groups in total. The highest BCUT2D eigenvalue weighted by Crippen LogP contribution is 2.30. The van der Waals surface area contributed by atoms with Crippen LogP contribution in [-0.4, -0.2) is 17.4 Å². The van der Waals surface area contributed by atoms with Crippen LogP contribution < -0.4 is 15.4 Å². The van der Waals surface area contributed by atoms with Crippen molar-refractivity contribution in [2.24, 2.45) is 0 Å². The van der Waals surface area contributed by atoms with Crippen molar-refractivity contribution in [3.63, 3.8) is 0 Å². The Morgan fingerprint density at radius 1 is 1.18 bits per heavy atom. The lowest BCUT2D eigenvalue weighted by Gasteiger charge is -2.27. The first-order chi connectivity index (χ1) is 13.5. The Bertz CT molecular complexity index is 910. The first-order valence-corrected chi connectivity index (χ1v) is 10.2. The molecule has 1 amide bonds. The number of hydrogen-bond donors (Lipinski definition) is 2. The number of thiazole rings is 1. The Hall–Kier alpha value is -2.70. The minimum Gasteiger partial charge on any atom is -0.455 e. The molecule has 0 unspecified atom stereocenters. The molecule has 28 heavy (non-hydrogen) atoms. The van der Waals surface area contributed by atoms with Gasteiger partial charge in [0.2, 0.25) is 5.91 Å². The Kier molecular flexibility index (Phi) is 6.44. The number of nitrogens with zero attached hydrogens (tertiary/aromatic N) is 1. The van der Waals surface area contributed by atoms with E-state index in [9.17, 15) is 4.79 Å². The number of aromatic nitrogens is 1. The van der Waals surface area contributed by atoms with Gasteiger partial charge in [-0.3, -0.25) is 10.1 Å². The topological polar surface area (TPSA) is 63.2 Å². The summed E-state index contributed by atoms with van der Waals surface area (Å²) in [5, 5.41) is 9.21. The van der Waals surface area contributed by atoms with Gasteiger partial charge in [-0.1, -0.05) is 36.8 Å². The fourth-order valence-corrected chi connectivity index (χ4v) is 3.56. The van der Waals surface area contributed by atoms with E-state index in [1.165, 1.54) is 5.56 Å². The van der Waals surface area contributed by atoms with Crippen molar-refractivity contribution in [3.8, 4) is 11.5 Å². The van der Waals surface area contributed by atoms with Crippen molar-refractivity contribution in [1.82, 2.24) is 10.3 Å². The van der Waals surface area contributed by atoms with Gasteiger partial charge in [-0.15, -0.1) is 11.3 Å². The van der Waals surface area contributed by atoms with Gasteiger partial charge in [0.05, 0.1) is 17.8 Å². The molecule has 0 saturated carbocycles. The molecule has 0 spiro atoms. The molecule has 0 fully saturated rings. The number of nitrogens with one attached hydrogen (secondary N) is 2. The van der Waals surface area contributed by atoms with Crippen molar-refractivity contribution in [2.45, 2.75) is 32.7 Å². The van der Waals surface area contributed by atoms with Crippen molar-refractivity contribution in [2.75, 3.05) is 11.9 Å². The molecular weight excluding hydrogens is 370 g/mol. The van der Waals surface area contributed by atoms with Crippen LogP contribution in [0.2, 0.25) is 0 Å². The number of carbonyl (C=O) groups excluding carboxylic acids is 1. The lowest BCUT2D eigenvalue weighted by atomic mass is 10.00. The zero-order chi connectivity index (χ0) is 20.0. The quantitative estimate of drug-likeness (QED) is 0.557. The normalized spacial score (nSPS) is 13.0. The van der Waals surface area contributed by atoms with Crippen LogP contribution in [0.5, 0.6) is 11.5 Å². The standard InChI is InChI=1S/C22H25N3O2S/c1-4-22(3,21-23-13-14-28-21)24-15-20(26)25-18-7-5-6-8-19(18)27-17-11-9-16(2)10-12-17/h5-14,24H,4,15H2,1-3H3,(H,25,26)/t22-/m0/s1. The number of hydrogen-bond acceptors (Lipinski definition) is 5. The molecule has 0 bridgehead atoms. The third kappa shape index (κ3) is 4.97. The molecule has 0 saturated heterocycles. The fraction of sp³-hybridized carbons (Fsp3) is 0.273. The van der Waals surface area contributed by atoms with Crippen LogP contribution in [0.3, 0.4) is 0 Å². The maximum absolute atomic E-state index is 12.5. The molecule has 1 aromatic heterocycles. The van der Waals surface area contributed by atoms with Crippen LogP contribution in [-0.2, 0) is 10.3 Å². The van der Waals surface area contributed by atoms with E-state index < -0.39 is 0 Å². The van der Waals surface area contributed by atoms with E-state index in [1.54, 1.807) is 17.5 Å². The van der Waals surface area contributed by atoms with E-state index in [-0.39, 0.29) is 18.0 Å². The van der Waals surface area contributed by atoms with Crippen LogP contribution in [0.4, 0.5) is 5.69 Å². The summed E-state index contributed by atoms with van der Waals surface area (Å²) in [6, 6.07) is 15.2. The highest BCUT2D eigenvalue weighted by atomic mass is 32.1. The lowest BCUT2D eigenvalue weighted by molar-refractivity contribution is -0.115. The van der Waals surface area contributed by atoms with Gasteiger partial charge in [0, 0.05) is 11.6 Å². The van der Waals surface area contributed by atoms with E-state index >= 15 is 0 Å². The minimum atomic E-state index is -0.330. The first-order valence-electron chi connectivity index (χ1n) is 9.28. The number of benzene rings is 2. The maximum Gasteiger partial charge on any atom is 0.238 e. The molecule has 146 valence electrons. The number of para-hydroxylation sites is 2. The lowest BCUT2D eigenvalue weighted by Crippen LogP contribution is -2.43. The van der Waals surface area contributed by atoms with Crippen molar-refractivity contribution >= 4 is 22.9 Å². The molecular formula is C22H25N3O2S. The molecule has 0 aliphatic carbocycles. The molecule has 1 atom stereocenters. The molecule has 0 aliphatic heterocycles. The van der Waals surface area contributed by atoms with E-state index in [0.717, 1.165) is 17.2 Å². The SMILES string of the molecule is CC[C@](C)(NCC(=O)Nc1ccccc1Oc1ccc(C)cc1)c1nccs1. The smallest absolute Gasteiger partial charge is 0.238 e. The molecule has 3 rings (SSSR count). The largest absolute Gasteiger partial charge is 0.455 e. The summed E-state index contributed by atoms with van der Waals surface area (Å²) in [5.74, 6) is 1.21. The van der Waals surface area contributed by atoms with Crippen LogP contribution in [0.15, 0.2) is 60.1 Å². The number of carbonyl (C=O) groups is 1. The minimum absolute atomic E-state index is 0.129. The number of rotatable bonds is 8. The number of aryl methyl sites for hydroxylation is 1.